The molecule has 6 nitrogen and oxygen atoms in total. The van der Waals surface area contributed by atoms with Gasteiger partial charge in [-0.05, 0) is 36.4 Å². The van der Waals surface area contributed by atoms with E-state index < -0.39 is 29.1 Å². The van der Waals surface area contributed by atoms with Gasteiger partial charge in [-0.15, -0.1) is 0 Å². The average Bonchev–Trinajstić information content (AvgIpc) is 3.41. The molecule has 4 rings (SSSR count). The van der Waals surface area contributed by atoms with Gasteiger partial charge in [0.1, 0.15) is 11.5 Å². The van der Waals surface area contributed by atoms with Crippen LogP contribution in [0.2, 0.25) is 5.02 Å². The molecule has 0 saturated carbocycles. The predicted molar refractivity (Wildman–Crippen MR) is 112 cm³/mol. The first-order chi connectivity index (χ1) is 15.7. The van der Waals surface area contributed by atoms with Crippen LogP contribution in [-0.4, -0.2) is 21.2 Å². The molecule has 0 atom stereocenters. The van der Waals surface area contributed by atoms with Gasteiger partial charge in [-0.25, -0.2) is 9.18 Å². The minimum absolute atomic E-state index is 0.117. The van der Waals surface area contributed by atoms with E-state index >= 15 is 0 Å². The molecular formula is C22H14ClF4N3O3. The van der Waals surface area contributed by atoms with Crippen LogP contribution >= 0.6 is 11.6 Å². The van der Waals surface area contributed by atoms with Crippen molar-refractivity contribution in [3.8, 4) is 22.6 Å². The summed E-state index contributed by atoms with van der Waals surface area (Å²) in [6.45, 7) is -0.117. The van der Waals surface area contributed by atoms with Crippen LogP contribution in [0.4, 0.5) is 23.2 Å². The number of aromatic amines is 1. The lowest BCUT2D eigenvalue weighted by molar-refractivity contribution is -0.137. The number of nitrogens with zero attached hydrogens (tertiary/aromatic N) is 1. The summed E-state index contributed by atoms with van der Waals surface area (Å²) in [4.78, 5) is 13.8. The highest BCUT2D eigenvalue weighted by atomic mass is 35.5. The van der Waals surface area contributed by atoms with E-state index in [1.54, 1.807) is 18.5 Å². The Labute approximate surface area is 188 Å². The summed E-state index contributed by atoms with van der Waals surface area (Å²) in [6.07, 6.45) is -1.52. The van der Waals surface area contributed by atoms with Gasteiger partial charge in [0.25, 0.3) is 0 Å². The molecule has 33 heavy (non-hydrogen) atoms. The second kappa shape index (κ2) is 8.62. The number of hydrogen-bond acceptors (Lipinski definition) is 4. The monoisotopic (exact) mass is 479 g/mol. The Kier molecular flexibility index (Phi) is 5.86. The van der Waals surface area contributed by atoms with Crippen molar-refractivity contribution >= 4 is 23.3 Å². The van der Waals surface area contributed by atoms with Crippen LogP contribution in [0, 0.1) is 5.82 Å². The Morgan fingerprint density at radius 3 is 2.64 bits per heavy atom. The molecule has 0 aliphatic heterocycles. The van der Waals surface area contributed by atoms with Gasteiger partial charge in [0.2, 0.25) is 0 Å². The van der Waals surface area contributed by atoms with Crippen LogP contribution in [0.3, 0.4) is 0 Å². The van der Waals surface area contributed by atoms with Gasteiger partial charge in [0, 0.05) is 41.3 Å². The van der Waals surface area contributed by atoms with Crippen molar-refractivity contribution in [2.24, 2.45) is 0 Å². The minimum atomic E-state index is -4.70. The van der Waals surface area contributed by atoms with Crippen molar-refractivity contribution < 1.29 is 32.0 Å². The zero-order chi connectivity index (χ0) is 23.8. The van der Waals surface area contributed by atoms with Crippen molar-refractivity contribution in [1.29, 1.82) is 0 Å². The molecular weight excluding hydrogens is 466 g/mol. The Bertz CT molecular complexity index is 1320. The number of rotatable bonds is 6. The quantitative estimate of drug-likeness (QED) is 0.276. The number of nitrogens with one attached hydrogen (secondary N) is 2. The molecule has 0 spiro atoms. The lowest BCUT2D eigenvalue weighted by Crippen LogP contribution is -2.09. The smallest absolute Gasteiger partial charge is 0.417 e. The maximum absolute atomic E-state index is 14.1. The Morgan fingerprint density at radius 2 is 2.00 bits per heavy atom. The number of alkyl halides is 3. The number of H-pyrrole nitrogens is 1. The van der Waals surface area contributed by atoms with Crippen molar-refractivity contribution in [3.05, 3.63) is 82.4 Å². The number of benzene rings is 2. The Hall–Kier alpha value is -3.79. The molecule has 170 valence electrons. The molecule has 3 N–H and O–H groups in total. The van der Waals surface area contributed by atoms with E-state index in [9.17, 15) is 22.4 Å². The molecule has 2 heterocycles. The van der Waals surface area contributed by atoms with Crippen molar-refractivity contribution in [2.75, 3.05) is 5.32 Å². The number of carboxylic acid groups (broad SMARTS) is 1. The number of aromatic carboxylic acids is 1. The molecule has 11 heteroatoms. The van der Waals surface area contributed by atoms with E-state index in [1.807, 2.05) is 0 Å². The zero-order valence-electron chi connectivity index (χ0n) is 16.5. The molecule has 4 aromatic rings. The first-order valence-corrected chi connectivity index (χ1v) is 9.79. The summed E-state index contributed by atoms with van der Waals surface area (Å²) in [6, 6.07) is 8.43. The van der Waals surface area contributed by atoms with Crippen LogP contribution in [0.25, 0.3) is 22.6 Å². The second-order valence-corrected chi connectivity index (χ2v) is 7.36. The highest BCUT2D eigenvalue weighted by Crippen LogP contribution is 2.43. The topological polar surface area (TPSA) is 91.2 Å². The van der Waals surface area contributed by atoms with Crippen molar-refractivity contribution in [3.63, 3.8) is 0 Å². The zero-order valence-corrected chi connectivity index (χ0v) is 17.3. The fourth-order valence-electron chi connectivity index (χ4n) is 3.35. The summed E-state index contributed by atoms with van der Waals surface area (Å²) >= 11 is 6.15. The summed E-state index contributed by atoms with van der Waals surface area (Å²) in [5.41, 5.74) is -0.984. The van der Waals surface area contributed by atoms with Crippen LogP contribution < -0.4 is 5.32 Å². The Morgan fingerprint density at radius 1 is 1.21 bits per heavy atom. The number of halogens is 5. The lowest BCUT2D eigenvalue weighted by Gasteiger charge is -2.14. The SMILES string of the molecule is O=C(O)c1ccc(NCc2c(-c3c(Cl)cccc3C(F)(F)F)noc2-c2cc[nH]c2)cc1F. The standard InChI is InChI=1S/C22H14ClF4N3O3/c23-16-3-1-2-15(22(25,26)27)18(16)19-14(20(33-30-19)11-6-7-28-9-11)10-29-12-4-5-13(21(31)32)17(24)8-12/h1-9,28-29H,10H2,(H,31,32). The van der Waals surface area contributed by atoms with E-state index in [4.69, 9.17) is 21.2 Å². The number of anilines is 1. The van der Waals surface area contributed by atoms with E-state index in [0.717, 1.165) is 18.2 Å². The van der Waals surface area contributed by atoms with Gasteiger partial charge in [0.15, 0.2) is 5.76 Å². The minimum Gasteiger partial charge on any atom is -0.478 e. The van der Waals surface area contributed by atoms with Gasteiger partial charge in [-0.3, -0.25) is 0 Å². The van der Waals surface area contributed by atoms with E-state index in [-0.39, 0.29) is 39.8 Å². The van der Waals surface area contributed by atoms with Gasteiger partial charge in [0.05, 0.1) is 16.1 Å². The van der Waals surface area contributed by atoms with Crippen LogP contribution in [0.1, 0.15) is 21.5 Å². The molecule has 0 radical (unpaired) electrons. The average molecular weight is 480 g/mol. The molecule has 0 fully saturated rings. The van der Waals surface area contributed by atoms with Crippen molar-refractivity contribution in [2.45, 2.75) is 12.7 Å². The normalized spacial score (nSPS) is 11.5. The first kappa shape index (κ1) is 22.4. The molecule has 0 amide bonds. The van der Waals surface area contributed by atoms with Gasteiger partial charge < -0.3 is 19.9 Å². The summed E-state index contributed by atoms with van der Waals surface area (Å²) in [5.74, 6) is -2.20. The maximum Gasteiger partial charge on any atom is 0.417 e. The van der Waals surface area contributed by atoms with Gasteiger partial charge >= 0.3 is 12.1 Å². The van der Waals surface area contributed by atoms with Gasteiger partial charge in [-0.2, -0.15) is 13.2 Å². The molecule has 0 bridgehead atoms. The number of carbonyl (C=O) groups is 1. The molecule has 0 saturated heterocycles. The lowest BCUT2D eigenvalue weighted by atomic mass is 9.98. The second-order valence-electron chi connectivity index (χ2n) is 6.95. The number of aromatic nitrogens is 2. The maximum atomic E-state index is 14.1. The highest BCUT2D eigenvalue weighted by molar-refractivity contribution is 6.33. The van der Waals surface area contributed by atoms with Crippen LogP contribution in [0.15, 0.2) is 59.4 Å². The summed E-state index contributed by atoms with van der Waals surface area (Å²) in [7, 11) is 0. The third-order valence-electron chi connectivity index (χ3n) is 4.87. The third-order valence-corrected chi connectivity index (χ3v) is 5.19. The van der Waals surface area contributed by atoms with E-state index in [2.05, 4.69) is 15.5 Å². The molecule has 0 aliphatic carbocycles. The number of hydrogen-bond donors (Lipinski definition) is 3. The van der Waals surface area contributed by atoms with E-state index in [1.165, 1.54) is 18.2 Å². The molecule has 2 aromatic carbocycles. The molecule has 0 aliphatic rings. The Balaban J connectivity index is 1.79. The fraction of sp³-hybridized carbons (Fsp3) is 0.0909. The third kappa shape index (κ3) is 4.42. The first-order valence-electron chi connectivity index (χ1n) is 9.41. The predicted octanol–water partition coefficient (Wildman–Crippen LogP) is 6.46. The number of carboxylic acids is 1. The highest BCUT2D eigenvalue weighted by Gasteiger charge is 2.36. The largest absolute Gasteiger partial charge is 0.478 e. The van der Waals surface area contributed by atoms with E-state index in [0.29, 0.717) is 5.56 Å². The summed E-state index contributed by atoms with van der Waals surface area (Å²) in [5, 5.41) is 15.6. The van der Waals surface area contributed by atoms with Crippen LogP contribution in [-0.2, 0) is 12.7 Å². The fourth-order valence-corrected chi connectivity index (χ4v) is 3.62. The van der Waals surface area contributed by atoms with Crippen molar-refractivity contribution in [1.82, 2.24) is 10.1 Å². The van der Waals surface area contributed by atoms with Gasteiger partial charge in [-0.1, -0.05) is 22.8 Å². The molecule has 0 unspecified atom stereocenters. The summed E-state index contributed by atoms with van der Waals surface area (Å²) < 4.78 is 60.5. The van der Waals surface area contributed by atoms with Crippen LogP contribution in [0.5, 0.6) is 0 Å². The molecule has 2 aromatic heterocycles.